The average molecular weight is 414 g/mol. The molecule has 1 saturated heterocycles. The zero-order chi connectivity index (χ0) is 20.1. The van der Waals surface area contributed by atoms with Gasteiger partial charge in [-0.25, -0.2) is 9.97 Å². The van der Waals surface area contributed by atoms with Gasteiger partial charge < -0.3 is 4.74 Å². The third kappa shape index (κ3) is 5.90. The number of aromatic nitrogens is 2. The molecule has 1 amide bonds. The molecule has 0 unspecified atom stereocenters. The summed E-state index contributed by atoms with van der Waals surface area (Å²) in [6.07, 6.45) is -0.921. The van der Waals surface area contributed by atoms with Crippen LogP contribution >= 0.6 is 11.3 Å². The maximum atomic E-state index is 12.4. The number of ether oxygens (including phenoxy) is 1. The topological polar surface area (TPSA) is 67.4 Å². The third-order valence-corrected chi connectivity index (χ3v) is 5.23. The molecule has 28 heavy (non-hydrogen) atoms. The van der Waals surface area contributed by atoms with Gasteiger partial charge in [0.05, 0.1) is 5.69 Å². The standard InChI is InChI=1S/C18H21F3N4O2S/c1-12-4-7-25(8-5-12)9-13-10-28-17(23-13)24-15(26)14-3-2-6-22-16(14)27-11-18(19,20)21/h2-3,6,10,12H,4-5,7-9,11H2,1H3,(H,23,24,26). The minimum atomic E-state index is -4.51. The highest BCUT2D eigenvalue weighted by molar-refractivity contribution is 7.14. The van der Waals surface area contributed by atoms with Crippen LogP contribution in [0, 0.1) is 5.92 Å². The fraction of sp³-hybridized carbons (Fsp3) is 0.500. The number of thiazole rings is 1. The first-order valence-electron chi connectivity index (χ1n) is 8.93. The number of halogens is 3. The smallest absolute Gasteiger partial charge is 0.422 e. The molecule has 6 nitrogen and oxygen atoms in total. The quantitative estimate of drug-likeness (QED) is 0.775. The van der Waals surface area contributed by atoms with Gasteiger partial charge in [-0.1, -0.05) is 6.92 Å². The van der Waals surface area contributed by atoms with E-state index in [1.165, 1.54) is 29.7 Å². The fourth-order valence-electron chi connectivity index (χ4n) is 2.88. The van der Waals surface area contributed by atoms with Gasteiger partial charge in [-0.2, -0.15) is 13.2 Å². The number of anilines is 1. The maximum absolute atomic E-state index is 12.4. The monoisotopic (exact) mass is 414 g/mol. The van der Waals surface area contributed by atoms with Crippen molar-refractivity contribution in [2.45, 2.75) is 32.5 Å². The molecule has 2 aromatic rings. The molecule has 0 radical (unpaired) electrons. The molecular formula is C18H21F3N4O2S. The summed E-state index contributed by atoms with van der Waals surface area (Å²) >= 11 is 1.27. The van der Waals surface area contributed by atoms with Gasteiger partial charge in [-0.15, -0.1) is 11.3 Å². The fourth-order valence-corrected chi connectivity index (χ4v) is 3.58. The number of nitrogens with one attached hydrogen (secondary N) is 1. The first-order chi connectivity index (χ1) is 13.3. The minimum Gasteiger partial charge on any atom is -0.467 e. The van der Waals surface area contributed by atoms with Gasteiger partial charge >= 0.3 is 6.18 Å². The highest BCUT2D eigenvalue weighted by Gasteiger charge is 2.29. The van der Waals surface area contributed by atoms with E-state index in [9.17, 15) is 18.0 Å². The SMILES string of the molecule is CC1CCN(Cc2csc(NC(=O)c3cccnc3OCC(F)(F)F)n2)CC1. The van der Waals surface area contributed by atoms with E-state index in [4.69, 9.17) is 0 Å². The van der Waals surface area contributed by atoms with Gasteiger partial charge in [0.25, 0.3) is 5.91 Å². The number of likely N-dealkylation sites (tertiary alicyclic amines) is 1. The van der Waals surface area contributed by atoms with Crippen LogP contribution in [0.25, 0.3) is 0 Å². The van der Waals surface area contributed by atoms with Crippen LogP contribution in [-0.4, -0.2) is 46.6 Å². The molecule has 0 aromatic carbocycles. The Morgan fingerprint density at radius 1 is 1.39 bits per heavy atom. The van der Waals surface area contributed by atoms with Crippen LogP contribution in [-0.2, 0) is 6.54 Å². The number of rotatable bonds is 6. The molecule has 0 aliphatic carbocycles. The van der Waals surface area contributed by atoms with Crippen molar-refractivity contribution in [2.75, 3.05) is 25.0 Å². The summed E-state index contributed by atoms with van der Waals surface area (Å²) in [4.78, 5) is 22.9. The molecule has 2 aromatic heterocycles. The molecule has 10 heteroatoms. The van der Waals surface area contributed by atoms with Crippen molar-refractivity contribution in [2.24, 2.45) is 5.92 Å². The summed E-state index contributed by atoms with van der Waals surface area (Å²) in [7, 11) is 0. The molecule has 1 N–H and O–H groups in total. The number of carbonyl (C=O) groups is 1. The Bertz CT molecular complexity index is 804. The molecule has 1 fully saturated rings. The summed E-state index contributed by atoms with van der Waals surface area (Å²) in [6.45, 7) is 3.50. The Labute approximate surface area is 164 Å². The lowest BCUT2D eigenvalue weighted by Crippen LogP contribution is -2.32. The van der Waals surface area contributed by atoms with Crippen molar-refractivity contribution >= 4 is 22.4 Å². The molecule has 0 spiro atoms. The van der Waals surface area contributed by atoms with E-state index in [2.05, 4.69) is 31.8 Å². The van der Waals surface area contributed by atoms with E-state index in [1.54, 1.807) is 0 Å². The first kappa shape index (κ1) is 20.5. The summed E-state index contributed by atoms with van der Waals surface area (Å²) in [5.74, 6) is -0.232. The molecular weight excluding hydrogens is 393 g/mol. The number of nitrogens with zero attached hydrogens (tertiary/aromatic N) is 3. The Kier molecular flexibility index (Phi) is 6.50. The Morgan fingerprint density at radius 3 is 2.86 bits per heavy atom. The highest BCUT2D eigenvalue weighted by atomic mass is 32.1. The molecule has 0 saturated carbocycles. The molecule has 152 valence electrons. The normalized spacial score (nSPS) is 16.1. The van der Waals surface area contributed by atoms with Crippen LogP contribution in [0.5, 0.6) is 5.88 Å². The summed E-state index contributed by atoms with van der Waals surface area (Å²) in [5, 5.41) is 4.87. The van der Waals surface area contributed by atoms with Gasteiger partial charge in [0.2, 0.25) is 5.88 Å². The summed E-state index contributed by atoms with van der Waals surface area (Å²) in [6, 6.07) is 2.82. The van der Waals surface area contributed by atoms with Crippen molar-refractivity contribution in [3.05, 3.63) is 35.0 Å². The second-order valence-corrected chi connectivity index (χ2v) is 7.67. The first-order valence-corrected chi connectivity index (χ1v) is 9.81. The van der Waals surface area contributed by atoms with Crippen molar-refractivity contribution in [3.8, 4) is 5.88 Å². The Hall–Kier alpha value is -2.20. The molecule has 1 aliphatic rings. The van der Waals surface area contributed by atoms with Gasteiger partial charge in [0, 0.05) is 18.1 Å². The summed E-state index contributed by atoms with van der Waals surface area (Å²) in [5.41, 5.74) is 0.781. The average Bonchev–Trinajstić information content (AvgIpc) is 3.08. The zero-order valence-corrected chi connectivity index (χ0v) is 16.1. The van der Waals surface area contributed by atoms with Crippen molar-refractivity contribution in [1.29, 1.82) is 0 Å². The van der Waals surface area contributed by atoms with Crippen LogP contribution in [0.2, 0.25) is 0 Å². The van der Waals surface area contributed by atoms with Crippen LogP contribution in [0.15, 0.2) is 23.7 Å². The second-order valence-electron chi connectivity index (χ2n) is 6.82. The second kappa shape index (κ2) is 8.87. The zero-order valence-electron chi connectivity index (χ0n) is 15.3. The molecule has 0 atom stereocenters. The molecule has 3 rings (SSSR count). The minimum absolute atomic E-state index is 0.0754. The van der Waals surface area contributed by atoms with Gasteiger partial charge in [0.1, 0.15) is 5.56 Å². The van der Waals surface area contributed by atoms with E-state index in [-0.39, 0.29) is 11.4 Å². The van der Waals surface area contributed by atoms with Gasteiger partial charge in [-0.3, -0.25) is 15.0 Å². The highest BCUT2D eigenvalue weighted by Crippen LogP contribution is 2.24. The number of carbonyl (C=O) groups excluding carboxylic acids is 1. The lowest BCUT2D eigenvalue weighted by Gasteiger charge is -2.29. The Balaban J connectivity index is 1.60. The van der Waals surface area contributed by atoms with E-state index < -0.39 is 18.7 Å². The molecule has 3 heterocycles. The lowest BCUT2D eigenvalue weighted by molar-refractivity contribution is -0.154. The number of hydrogen-bond acceptors (Lipinski definition) is 6. The van der Waals surface area contributed by atoms with Crippen LogP contribution < -0.4 is 10.1 Å². The number of hydrogen-bond donors (Lipinski definition) is 1. The largest absolute Gasteiger partial charge is 0.467 e. The van der Waals surface area contributed by atoms with Gasteiger partial charge in [0.15, 0.2) is 11.7 Å². The van der Waals surface area contributed by atoms with E-state index in [1.807, 2.05) is 5.38 Å². The van der Waals surface area contributed by atoms with Crippen LogP contribution in [0.4, 0.5) is 18.3 Å². The van der Waals surface area contributed by atoms with Crippen molar-refractivity contribution < 1.29 is 22.7 Å². The van der Waals surface area contributed by atoms with E-state index in [0.29, 0.717) is 11.7 Å². The number of piperidine rings is 1. The van der Waals surface area contributed by atoms with Crippen LogP contribution in [0.1, 0.15) is 35.8 Å². The lowest BCUT2D eigenvalue weighted by atomic mass is 9.99. The molecule has 1 aliphatic heterocycles. The number of pyridine rings is 1. The molecule has 0 bridgehead atoms. The van der Waals surface area contributed by atoms with Crippen molar-refractivity contribution in [3.63, 3.8) is 0 Å². The third-order valence-electron chi connectivity index (χ3n) is 4.42. The maximum Gasteiger partial charge on any atom is 0.422 e. The number of amides is 1. The Morgan fingerprint density at radius 2 is 2.14 bits per heavy atom. The number of alkyl halides is 3. The predicted octanol–water partition coefficient (Wildman–Crippen LogP) is 3.96. The van der Waals surface area contributed by atoms with E-state index in [0.717, 1.165) is 37.5 Å². The predicted molar refractivity (Wildman–Crippen MR) is 99.5 cm³/mol. The summed E-state index contributed by atoms with van der Waals surface area (Å²) < 4.78 is 41.8. The van der Waals surface area contributed by atoms with E-state index >= 15 is 0 Å². The van der Waals surface area contributed by atoms with Crippen LogP contribution in [0.3, 0.4) is 0 Å². The van der Waals surface area contributed by atoms with Crippen molar-refractivity contribution in [1.82, 2.24) is 14.9 Å². The van der Waals surface area contributed by atoms with Gasteiger partial charge in [-0.05, 0) is 44.0 Å².